The summed E-state index contributed by atoms with van der Waals surface area (Å²) < 4.78 is 0. The number of aliphatic hydroxyl groups is 1. The molecule has 0 aromatic carbocycles. The van der Waals surface area contributed by atoms with Gasteiger partial charge in [0.25, 0.3) is 0 Å². The third-order valence-corrected chi connectivity index (χ3v) is 5.44. The van der Waals surface area contributed by atoms with E-state index in [4.69, 9.17) is 0 Å². The Bertz CT molecular complexity index is 228. The molecule has 0 spiro atoms. The van der Waals surface area contributed by atoms with Gasteiger partial charge in [0.1, 0.15) is 0 Å². The summed E-state index contributed by atoms with van der Waals surface area (Å²) in [6.45, 7) is 6.33. The Hall–Kier alpha value is 0.270. The van der Waals surface area contributed by atoms with E-state index >= 15 is 0 Å². The molecule has 0 radical (unpaired) electrons. The van der Waals surface area contributed by atoms with Gasteiger partial charge in [0.2, 0.25) is 0 Å². The van der Waals surface area contributed by atoms with Crippen molar-refractivity contribution in [2.45, 2.75) is 39.0 Å². The van der Waals surface area contributed by atoms with Gasteiger partial charge < -0.3 is 10.0 Å². The molecule has 17 heavy (non-hydrogen) atoms. The summed E-state index contributed by atoms with van der Waals surface area (Å²) in [4.78, 5) is 2.61. The predicted molar refractivity (Wildman–Crippen MR) is 75.5 cm³/mol. The lowest BCUT2D eigenvalue weighted by atomic mass is 9.70. The average molecular weight is 257 g/mol. The second kappa shape index (κ2) is 6.44. The SMILES string of the molecule is CC1CCCC(CO)(CN2CCCSCC2)C1. The lowest BCUT2D eigenvalue weighted by Crippen LogP contribution is -2.43. The zero-order valence-electron chi connectivity index (χ0n) is 11.2. The summed E-state index contributed by atoms with van der Waals surface area (Å²) in [5.74, 6) is 3.40. The van der Waals surface area contributed by atoms with Gasteiger partial charge >= 0.3 is 0 Å². The number of aliphatic hydroxyl groups excluding tert-OH is 1. The molecule has 1 N–H and O–H groups in total. The van der Waals surface area contributed by atoms with Crippen LogP contribution in [-0.2, 0) is 0 Å². The topological polar surface area (TPSA) is 23.5 Å². The molecule has 2 atom stereocenters. The van der Waals surface area contributed by atoms with Crippen molar-refractivity contribution in [2.75, 3.05) is 37.7 Å². The van der Waals surface area contributed by atoms with E-state index in [-0.39, 0.29) is 5.41 Å². The molecule has 2 unspecified atom stereocenters. The van der Waals surface area contributed by atoms with Crippen molar-refractivity contribution < 1.29 is 5.11 Å². The molecule has 100 valence electrons. The second-order valence-electron chi connectivity index (χ2n) is 6.10. The van der Waals surface area contributed by atoms with Gasteiger partial charge in [0.05, 0.1) is 0 Å². The fourth-order valence-electron chi connectivity index (χ4n) is 3.54. The predicted octanol–water partition coefficient (Wildman–Crippen LogP) is 2.61. The molecular weight excluding hydrogens is 230 g/mol. The van der Waals surface area contributed by atoms with E-state index in [0.29, 0.717) is 6.61 Å². The number of hydrogen-bond donors (Lipinski definition) is 1. The Morgan fingerprint density at radius 3 is 2.94 bits per heavy atom. The van der Waals surface area contributed by atoms with Crippen molar-refractivity contribution >= 4 is 11.8 Å². The molecule has 1 aliphatic heterocycles. The molecule has 1 aliphatic carbocycles. The number of thioether (sulfide) groups is 1. The maximum atomic E-state index is 9.83. The Labute approximate surface area is 110 Å². The third-order valence-electron chi connectivity index (χ3n) is 4.39. The Morgan fingerprint density at radius 1 is 1.29 bits per heavy atom. The van der Waals surface area contributed by atoms with Crippen LogP contribution in [0.1, 0.15) is 39.0 Å². The van der Waals surface area contributed by atoms with Crippen molar-refractivity contribution in [3.8, 4) is 0 Å². The van der Waals surface area contributed by atoms with Crippen LogP contribution in [0.2, 0.25) is 0 Å². The van der Waals surface area contributed by atoms with E-state index in [1.165, 1.54) is 56.7 Å². The van der Waals surface area contributed by atoms with Gasteiger partial charge in [-0.3, -0.25) is 0 Å². The maximum absolute atomic E-state index is 9.83. The molecule has 2 rings (SSSR count). The molecule has 2 fully saturated rings. The summed E-state index contributed by atoms with van der Waals surface area (Å²) in [5.41, 5.74) is 0.215. The first kappa shape index (κ1) is 13.7. The van der Waals surface area contributed by atoms with Crippen molar-refractivity contribution in [3.63, 3.8) is 0 Å². The van der Waals surface area contributed by atoms with Crippen LogP contribution in [0.4, 0.5) is 0 Å². The normalized spacial score (nSPS) is 36.7. The number of rotatable bonds is 3. The summed E-state index contributed by atoms with van der Waals surface area (Å²) in [5, 5.41) is 9.83. The zero-order valence-corrected chi connectivity index (χ0v) is 12.0. The van der Waals surface area contributed by atoms with Crippen LogP contribution in [0.15, 0.2) is 0 Å². The van der Waals surface area contributed by atoms with Crippen LogP contribution in [0.5, 0.6) is 0 Å². The summed E-state index contributed by atoms with van der Waals surface area (Å²) >= 11 is 2.08. The van der Waals surface area contributed by atoms with Gasteiger partial charge in [-0.25, -0.2) is 0 Å². The van der Waals surface area contributed by atoms with Crippen molar-refractivity contribution in [2.24, 2.45) is 11.3 Å². The van der Waals surface area contributed by atoms with E-state index in [9.17, 15) is 5.11 Å². The average Bonchev–Trinajstić information content (AvgIpc) is 2.57. The second-order valence-corrected chi connectivity index (χ2v) is 7.33. The maximum Gasteiger partial charge on any atom is 0.0499 e. The fourth-order valence-corrected chi connectivity index (χ4v) is 4.46. The highest BCUT2D eigenvalue weighted by molar-refractivity contribution is 7.99. The minimum Gasteiger partial charge on any atom is -0.396 e. The lowest BCUT2D eigenvalue weighted by Gasteiger charge is -2.42. The van der Waals surface area contributed by atoms with Gasteiger partial charge in [-0.15, -0.1) is 0 Å². The van der Waals surface area contributed by atoms with Crippen LogP contribution >= 0.6 is 11.8 Å². The monoisotopic (exact) mass is 257 g/mol. The molecule has 1 saturated carbocycles. The Kier molecular flexibility index (Phi) is 5.19. The van der Waals surface area contributed by atoms with Crippen molar-refractivity contribution in [3.05, 3.63) is 0 Å². The number of nitrogens with zero attached hydrogens (tertiary/aromatic N) is 1. The van der Waals surface area contributed by atoms with Crippen LogP contribution in [0, 0.1) is 11.3 Å². The lowest BCUT2D eigenvalue weighted by molar-refractivity contribution is 0.0260. The standard InChI is InChI=1S/C14H27NOS/c1-13-4-2-5-14(10-13,12-16)11-15-6-3-8-17-9-7-15/h13,16H,2-12H2,1H3. The first-order valence-electron chi connectivity index (χ1n) is 7.15. The molecule has 1 heterocycles. The van der Waals surface area contributed by atoms with E-state index in [1.807, 2.05) is 0 Å². The zero-order chi connectivity index (χ0) is 12.1. The minimum absolute atomic E-state index is 0.215. The highest BCUT2D eigenvalue weighted by Crippen LogP contribution is 2.39. The quantitative estimate of drug-likeness (QED) is 0.841. The van der Waals surface area contributed by atoms with E-state index in [1.54, 1.807) is 0 Å². The van der Waals surface area contributed by atoms with Crippen LogP contribution in [0.25, 0.3) is 0 Å². The highest BCUT2D eigenvalue weighted by atomic mass is 32.2. The minimum atomic E-state index is 0.215. The third kappa shape index (κ3) is 3.87. The molecule has 0 aromatic rings. The van der Waals surface area contributed by atoms with E-state index in [2.05, 4.69) is 23.6 Å². The first-order valence-corrected chi connectivity index (χ1v) is 8.31. The Balaban J connectivity index is 1.92. The van der Waals surface area contributed by atoms with Crippen molar-refractivity contribution in [1.82, 2.24) is 4.90 Å². The van der Waals surface area contributed by atoms with E-state index < -0.39 is 0 Å². The number of hydrogen-bond acceptors (Lipinski definition) is 3. The van der Waals surface area contributed by atoms with Gasteiger partial charge in [-0.2, -0.15) is 11.8 Å². The molecule has 0 bridgehead atoms. The van der Waals surface area contributed by atoms with E-state index in [0.717, 1.165) is 12.5 Å². The highest BCUT2D eigenvalue weighted by Gasteiger charge is 2.35. The first-order chi connectivity index (χ1) is 8.24. The molecule has 1 saturated heterocycles. The van der Waals surface area contributed by atoms with Gasteiger partial charge in [0.15, 0.2) is 0 Å². The smallest absolute Gasteiger partial charge is 0.0499 e. The summed E-state index contributed by atoms with van der Waals surface area (Å²) in [7, 11) is 0. The summed E-state index contributed by atoms with van der Waals surface area (Å²) in [6.07, 6.45) is 6.45. The molecule has 2 aliphatic rings. The van der Waals surface area contributed by atoms with Crippen molar-refractivity contribution in [1.29, 1.82) is 0 Å². The van der Waals surface area contributed by atoms with Crippen LogP contribution < -0.4 is 0 Å². The molecular formula is C14H27NOS. The Morgan fingerprint density at radius 2 is 2.18 bits per heavy atom. The largest absolute Gasteiger partial charge is 0.396 e. The molecule has 0 aromatic heterocycles. The van der Waals surface area contributed by atoms with Crippen LogP contribution in [0.3, 0.4) is 0 Å². The van der Waals surface area contributed by atoms with Gasteiger partial charge in [-0.1, -0.05) is 19.8 Å². The molecule has 0 amide bonds. The molecule has 3 heteroatoms. The molecule has 2 nitrogen and oxygen atoms in total. The van der Waals surface area contributed by atoms with Gasteiger partial charge in [0, 0.05) is 30.9 Å². The van der Waals surface area contributed by atoms with Crippen LogP contribution in [-0.4, -0.2) is 47.8 Å². The fraction of sp³-hybridized carbons (Fsp3) is 1.00. The summed E-state index contributed by atoms with van der Waals surface area (Å²) in [6, 6.07) is 0. The van der Waals surface area contributed by atoms with Gasteiger partial charge in [-0.05, 0) is 37.5 Å².